The molecule has 0 saturated carbocycles. The molecule has 1 fully saturated rings. The molecule has 1 aromatic rings. The third kappa shape index (κ3) is 3.10. The Bertz CT molecular complexity index is 536. The van der Waals surface area contributed by atoms with Gasteiger partial charge in [-0.15, -0.1) is 0 Å². The van der Waals surface area contributed by atoms with Gasteiger partial charge in [-0.05, 0) is 32.4 Å². The first-order valence-corrected chi connectivity index (χ1v) is 7.06. The molecule has 1 saturated heterocycles. The Labute approximate surface area is 123 Å². The predicted molar refractivity (Wildman–Crippen MR) is 79.0 cm³/mol. The second kappa shape index (κ2) is 6.30. The van der Waals surface area contributed by atoms with Crippen LogP contribution >= 0.6 is 0 Å². The first-order valence-electron chi connectivity index (χ1n) is 7.06. The number of anilines is 2. The van der Waals surface area contributed by atoms with E-state index in [2.05, 4.69) is 0 Å². The number of carbonyl (C=O) groups is 1. The van der Waals surface area contributed by atoms with Gasteiger partial charge < -0.3 is 20.1 Å². The van der Waals surface area contributed by atoms with Gasteiger partial charge in [0.2, 0.25) is 0 Å². The van der Waals surface area contributed by atoms with Gasteiger partial charge in [0.1, 0.15) is 5.82 Å². The lowest BCUT2D eigenvalue weighted by Crippen LogP contribution is -2.37. The van der Waals surface area contributed by atoms with Gasteiger partial charge in [0.15, 0.2) is 0 Å². The molecule has 5 nitrogen and oxygen atoms in total. The molecule has 2 N–H and O–H groups in total. The third-order valence-corrected chi connectivity index (χ3v) is 3.83. The second-order valence-corrected chi connectivity index (χ2v) is 5.15. The van der Waals surface area contributed by atoms with Gasteiger partial charge >= 0.3 is 5.97 Å². The Morgan fingerprint density at radius 2 is 2.29 bits per heavy atom. The number of benzene rings is 1. The molecular weight excluding hydrogens is 275 g/mol. The molecule has 0 spiro atoms. The summed E-state index contributed by atoms with van der Waals surface area (Å²) in [7, 11) is 1.79. The fourth-order valence-electron chi connectivity index (χ4n) is 2.64. The van der Waals surface area contributed by atoms with Crippen LogP contribution in [0.15, 0.2) is 12.1 Å². The van der Waals surface area contributed by atoms with Crippen LogP contribution in [0.1, 0.15) is 30.6 Å². The number of hydrogen-bond acceptors (Lipinski definition) is 5. The summed E-state index contributed by atoms with van der Waals surface area (Å²) < 4.78 is 24.6. The zero-order valence-electron chi connectivity index (χ0n) is 12.6. The molecule has 2 rings (SSSR count). The Hall–Kier alpha value is -1.82. The van der Waals surface area contributed by atoms with Crippen molar-refractivity contribution >= 4 is 17.3 Å². The fourth-order valence-corrected chi connectivity index (χ4v) is 2.64. The lowest BCUT2D eigenvalue weighted by Gasteiger charge is -2.29. The summed E-state index contributed by atoms with van der Waals surface area (Å²) in [6, 6.07) is 2.69. The van der Waals surface area contributed by atoms with Crippen molar-refractivity contribution in [1.82, 2.24) is 0 Å². The van der Waals surface area contributed by atoms with Crippen LogP contribution in [0, 0.1) is 5.82 Å². The minimum atomic E-state index is -0.541. The quantitative estimate of drug-likeness (QED) is 0.681. The van der Waals surface area contributed by atoms with Gasteiger partial charge in [0.05, 0.1) is 30.0 Å². The number of likely N-dealkylation sites (N-methyl/N-ethyl adjacent to an activating group) is 1. The average Bonchev–Trinajstić information content (AvgIpc) is 2.84. The van der Waals surface area contributed by atoms with E-state index in [1.807, 2.05) is 6.92 Å². The lowest BCUT2D eigenvalue weighted by atomic mass is 10.1. The molecule has 2 unspecified atom stereocenters. The number of nitrogens with zero attached hydrogens (tertiary/aromatic N) is 1. The zero-order valence-corrected chi connectivity index (χ0v) is 12.6. The zero-order chi connectivity index (χ0) is 15.6. The standard InChI is InChI=1S/C15H21FN2O3/c1-4-20-15(19)10-7-14(11(16)8-12(10)17)18(3)13-5-6-21-9(13)2/h7-9,13H,4-6,17H2,1-3H3. The number of esters is 1. The number of hydrogen-bond donors (Lipinski definition) is 1. The van der Waals surface area contributed by atoms with Gasteiger partial charge in [-0.1, -0.05) is 0 Å². The van der Waals surface area contributed by atoms with Crippen molar-refractivity contribution in [2.75, 3.05) is 30.9 Å². The maximum Gasteiger partial charge on any atom is 0.340 e. The topological polar surface area (TPSA) is 64.8 Å². The maximum atomic E-state index is 14.2. The van der Waals surface area contributed by atoms with Crippen LogP contribution in [0.2, 0.25) is 0 Å². The van der Waals surface area contributed by atoms with Crippen molar-refractivity contribution in [3.05, 3.63) is 23.5 Å². The number of ether oxygens (including phenoxy) is 2. The Morgan fingerprint density at radius 1 is 1.57 bits per heavy atom. The summed E-state index contributed by atoms with van der Waals surface area (Å²) in [6.07, 6.45) is 0.828. The summed E-state index contributed by atoms with van der Waals surface area (Å²) in [6.45, 7) is 4.56. The van der Waals surface area contributed by atoms with Crippen molar-refractivity contribution in [2.24, 2.45) is 0 Å². The first-order chi connectivity index (χ1) is 9.95. The van der Waals surface area contributed by atoms with Crippen molar-refractivity contribution in [2.45, 2.75) is 32.4 Å². The molecule has 1 aliphatic rings. The van der Waals surface area contributed by atoms with Crippen LogP contribution in [0.4, 0.5) is 15.8 Å². The van der Waals surface area contributed by atoms with Gasteiger partial charge in [-0.2, -0.15) is 0 Å². The Balaban J connectivity index is 2.34. The SMILES string of the molecule is CCOC(=O)c1cc(N(C)C2CCOC2C)c(F)cc1N. The Kier molecular flexibility index (Phi) is 4.67. The van der Waals surface area contributed by atoms with E-state index in [1.54, 1.807) is 18.9 Å². The first kappa shape index (κ1) is 15.6. The molecule has 0 aliphatic carbocycles. The minimum absolute atomic E-state index is 0.0120. The van der Waals surface area contributed by atoms with Gasteiger partial charge in [-0.25, -0.2) is 9.18 Å². The highest BCUT2D eigenvalue weighted by atomic mass is 19.1. The highest BCUT2D eigenvalue weighted by Gasteiger charge is 2.30. The largest absolute Gasteiger partial charge is 0.462 e. The molecule has 21 heavy (non-hydrogen) atoms. The van der Waals surface area contributed by atoms with E-state index in [1.165, 1.54) is 12.1 Å². The molecule has 2 atom stereocenters. The van der Waals surface area contributed by atoms with Crippen molar-refractivity contribution < 1.29 is 18.7 Å². The Morgan fingerprint density at radius 3 is 2.86 bits per heavy atom. The number of rotatable bonds is 4. The summed E-state index contributed by atoms with van der Waals surface area (Å²) in [5, 5.41) is 0. The van der Waals surface area contributed by atoms with Crippen LogP contribution in [-0.2, 0) is 9.47 Å². The molecule has 1 heterocycles. The highest BCUT2D eigenvalue weighted by molar-refractivity contribution is 5.96. The number of carbonyl (C=O) groups excluding carboxylic acids is 1. The molecule has 6 heteroatoms. The van der Waals surface area contributed by atoms with Crippen LogP contribution in [0.5, 0.6) is 0 Å². The van der Waals surface area contributed by atoms with Gasteiger partial charge in [0.25, 0.3) is 0 Å². The van der Waals surface area contributed by atoms with Crippen LogP contribution in [-0.4, -0.2) is 38.4 Å². The number of nitrogens with two attached hydrogens (primary N) is 1. The fraction of sp³-hybridized carbons (Fsp3) is 0.533. The number of halogens is 1. The van der Waals surface area contributed by atoms with Crippen LogP contribution < -0.4 is 10.6 Å². The molecule has 1 aromatic carbocycles. The van der Waals surface area contributed by atoms with Crippen molar-refractivity contribution in [3.8, 4) is 0 Å². The molecule has 1 aliphatic heterocycles. The summed E-state index contributed by atoms with van der Waals surface area (Å²) in [5.41, 5.74) is 6.32. The summed E-state index contributed by atoms with van der Waals surface area (Å²) >= 11 is 0. The highest BCUT2D eigenvalue weighted by Crippen LogP contribution is 2.30. The number of nitrogen functional groups attached to an aromatic ring is 1. The van der Waals surface area contributed by atoms with E-state index < -0.39 is 11.8 Å². The average molecular weight is 296 g/mol. The second-order valence-electron chi connectivity index (χ2n) is 5.15. The minimum Gasteiger partial charge on any atom is -0.462 e. The van der Waals surface area contributed by atoms with E-state index in [9.17, 15) is 9.18 Å². The van der Waals surface area contributed by atoms with Crippen LogP contribution in [0.25, 0.3) is 0 Å². The van der Waals surface area contributed by atoms with E-state index in [0.29, 0.717) is 12.3 Å². The van der Waals surface area contributed by atoms with Gasteiger partial charge in [0, 0.05) is 19.3 Å². The third-order valence-electron chi connectivity index (χ3n) is 3.83. The predicted octanol–water partition coefficient (Wildman–Crippen LogP) is 2.20. The van der Waals surface area contributed by atoms with Crippen molar-refractivity contribution in [3.63, 3.8) is 0 Å². The van der Waals surface area contributed by atoms with E-state index in [0.717, 1.165) is 6.42 Å². The molecule has 0 bridgehead atoms. The summed E-state index contributed by atoms with van der Waals surface area (Å²) in [5.74, 6) is -0.998. The maximum absolute atomic E-state index is 14.2. The normalized spacial score (nSPS) is 21.3. The smallest absolute Gasteiger partial charge is 0.340 e. The molecule has 0 radical (unpaired) electrons. The molecule has 0 aromatic heterocycles. The monoisotopic (exact) mass is 296 g/mol. The van der Waals surface area contributed by atoms with E-state index in [4.69, 9.17) is 15.2 Å². The molecule has 0 amide bonds. The molecular formula is C15H21FN2O3. The lowest BCUT2D eigenvalue weighted by molar-refractivity contribution is 0.0527. The summed E-state index contributed by atoms with van der Waals surface area (Å²) in [4.78, 5) is 13.7. The van der Waals surface area contributed by atoms with E-state index in [-0.39, 0.29) is 30.0 Å². The van der Waals surface area contributed by atoms with Crippen LogP contribution in [0.3, 0.4) is 0 Å². The van der Waals surface area contributed by atoms with Crippen molar-refractivity contribution in [1.29, 1.82) is 0 Å². The molecule has 116 valence electrons. The van der Waals surface area contributed by atoms with Gasteiger partial charge in [-0.3, -0.25) is 0 Å². The van der Waals surface area contributed by atoms with E-state index >= 15 is 0 Å².